The summed E-state index contributed by atoms with van der Waals surface area (Å²) in [5.74, 6) is 4.33. The second kappa shape index (κ2) is 17.1. The molecule has 0 radical (unpaired) electrons. The zero-order valence-electron chi connectivity index (χ0n) is 33.0. The van der Waals surface area contributed by atoms with Crippen molar-refractivity contribution in [2.45, 2.75) is 52.4 Å². The van der Waals surface area contributed by atoms with Crippen molar-refractivity contribution in [3.05, 3.63) is 96.1 Å². The van der Waals surface area contributed by atoms with Crippen molar-refractivity contribution >= 4 is 39.3 Å². The van der Waals surface area contributed by atoms with Crippen molar-refractivity contribution in [3.8, 4) is 34.3 Å². The molecule has 294 valence electrons. The van der Waals surface area contributed by atoms with E-state index in [0.29, 0.717) is 48.2 Å². The molecule has 1 amide bonds. The lowest BCUT2D eigenvalue weighted by Crippen LogP contribution is -2.49. The second-order valence-corrected chi connectivity index (χ2v) is 15.6. The van der Waals surface area contributed by atoms with E-state index < -0.39 is 0 Å². The number of aromatic nitrogens is 4. The zero-order valence-corrected chi connectivity index (χ0v) is 33.0. The lowest BCUT2D eigenvalue weighted by Gasteiger charge is -2.36. The lowest BCUT2D eigenvalue weighted by atomic mass is 10.0. The molecule has 0 unspecified atom stereocenters. The molecule has 4 aromatic carbocycles. The highest BCUT2D eigenvalue weighted by molar-refractivity contribution is 5.93. The summed E-state index contributed by atoms with van der Waals surface area (Å²) in [6.07, 6.45) is 6.96. The topological polar surface area (TPSA) is 131 Å². The van der Waals surface area contributed by atoms with Gasteiger partial charge in [-0.15, -0.1) is 0 Å². The molecule has 2 aromatic heterocycles. The molecular weight excluding hydrogens is 713 g/mol. The molecular formula is C46H52N8O3. The van der Waals surface area contributed by atoms with Gasteiger partial charge in [-0.25, -0.2) is 19.9 Å². The number of carbonyl (C=O) groups excluding carboxylic acids is 1. The van der Waals surface area contributed by atoms with E-state index in [1.165, 1.54) is 25.7 Å². The monoisotopic (exact) mass is 764 g/mol. The van der Waals surface area contributed by atoms with Crippen molar-refractivity contribution in [2.75, 3.05) is 62.2 Å². The van der Waals surface area contributed by atoms with Gasteiger partial charge in [0, 0.05) is 69.6 Å². The van der Waals surface area contributed by atoms with E-state index in [1.54, 1.807) is 24.3 Å². The fourth-order valence-corrected chi connectivity index (χ4v) is 8.32. The van der Waals surface area contributed by atoms with Crippen LogP contribution in [0, 0.1) is 19.8 Å². The minimum atomic E-state index is 0.174. The Labute approximate surface area is 334 Å². The highest BCUT2D eigenvalue weighted by atomic mass is 16.3. The number of hydrogen-bond acceptors (Lipinski definition) is 10. The van der Waals surface area contributed by atoms with E-state index in [9.17, 15) is 15.0 Å². The van der Waals surface area contributed by atoms with Crippen LogP contribution < -0.4 is 15.1 Å². The first kappa shape index (κ1) is 38.1. The number of para-hydroxylation sites is 2. The number of piperazine rings is 2. The summed E-state index contributed by atoms with van der Waals surface area (Å²) < 4.78 is 0. The van der Waals surface area contributed by atoms with Gasteiger partial charge in [0.2, 0.25) is 5.91 Å². The lowest BCUT2D eigenvalue weighted by molar-refractivity contribution is -0.131. The first-order valence-corrected chi connectivity index (χ1v) is 20.4. The molecule has 3 fully saturated rings. The maximum Gasteiger partial charge on any atom is 0.222 e. The molecule has 2 saturated heterocycles. The number of carbonyl (C=O) groups is 1. The normalized spacial score (nSPS) is 16.2. The fraction of sp³-hybridized carbons (Fsp3) is 0.370. The van der Waals surface area contributed by atoms with Crippen LogP contribution in [0.3, 0.4) is 0 Å². The number of benzene rings is 4. The summed E-state index contributed by atoms with van der Waals surface area (Å²) in [5, 5.41) is 26.0. The third-order valence-electron chi connectivity index (χ3n) is 11.5. The number of phenolic OH excluding ortho intramolecular Hbond substituents is 2. The largest absolute Gasteiger partial charge is 0.507 e. The van der Waals surface area contributed by atoms with E-state index in [1.807, 2.05) is 29.2 Å². The van der Waals surface area contributed by atoms with Gasteiger partial charge in [0.1, 0.15) is 23.1 Å². The minimum Gasteiger partial charge on any atom is -0.507 e. The summed E-state index contributed by atoms with van der Waals surface area (Å²) in [7, 11) is 0. The molecule has 6 aromatic rings. The van der Waals surface area contributed by atoms with Gasteiger partial charge in [0.25, 0.3) is 0 Å². The summed E-state index contributed by atoms with van der Waals surface area (Å²) >= 11 is 0. The molecule has 11 nitrogen and oxygen atoms in total. The van der Waals surface area contributed by atoms with Gasteiger partial charge < -0.3 is 30.2 Å². The maximum atomic E-state index is 12.8. The Bertz CT molecular complexity index is 2360. The van der Waals surface area contributed by atoms with Gasteiger partial charge in [-0.2, -0.15) is 0 Å². The first-order valence-electron chi connectivity index (χ1n) is 20.4. The molecule has 11 heteroatoms. The third-order valence-corrected chi connectivity index (χ3v) is 11.5. The molecule has 9 rings (SSSR count). The molecule has 3 N–H and O–H groups in total. The molecule has 1 aliphatic carbocycles. The SMILES string of the molecule is Cc1ccc2c(N3CCN(C(=O)CCC4CCCC4)CC3)nc(-c3ccccc3O)nc2c1.Cc1ccc2c(N3CCNCC3)nc(-c3ccccc3O)nc2c1. The average molecular weight is 765 g/mol. The average Bonchev–Trinajstić information content (AvgIpc) is 3.77. The molecule has 57 heavy (non-hydrogen) atoms. The number of aromatic hydroxyl groups is 2. The number of fused-ring (bicyclic) bond motifs is 2. The number of phenols is 2. The maximum absolute atomic E-state index is 12.8. The smallest absolute Gasteiger partial charge is 0.222 e. The van der Waals surface area contributed by atoms with Crippen molar-refractivity contribution < 1.29 is 15.0 Å². The molecule has 4 heterocycles. The number of aryl methyl sites for hydroxylation is 2. The van der Waals surface area contributed by atoms with E-state index in [2.05, 4.69) is 65.4 Å². The van der Waals surface area contributed by atoms with Crippen LogP contribution in [0.1, 0.15) is 49.7 Å². The van der Waals surface area contributed by atoms with Crippen LogP contribution in [0.15, 0.2) is 84.9 Å². The van der Waals surface area contributed by atoms with Gasteiger partial charge in [-0.05, 0) is 85.8 Å². The molecule has 0 atom stereocenters. The summed E-state index contributed by atoms with van der Waals surface area (Å²) in [5.41, 5.74) is 5.37. The predicted molar refractivity (Wildman–Crippen MR) is 228 cm³/mol. The molecule has 3 aliphatic rings. The molecule has 0 spiro atoms. The van der Waals surface area contributed by atoms with Crippen LogP contribution in [0.5, 0.6) is 11.5 Å². The Morgan fingerprint density at radius 2 is 1.14 bits per heavy atom. The fourth-order valence-electron chi connectivity index (χ4n) is 8.32. The van der Waals surface area contributed by atoms with Gasteiger partial charge in [0.15, 0.2) is 11.6 Å². The van der Waals surface area contributed by atoms with Crippen molar-refractivity contribution in [1.82, 2.24) is 30.2 Å². The third kappa shape index (κ3) is 8.63. The first-order chi connectivity index (χ1) is 27.8. The van der Waals surface area contributed by atoms with Crippen LogP contribution in [-0.4, -0.2) is 93.3 Å². The summed E-state index contributed by atoms with van der Waals surface area (Å²) in [6, 6.07) is 26.9. The van der Waals surface area contributed by atoms with Crippen LogP contribution in [0.2, 0.25) is 0 Å². The Balaban J connectivity index is 0.000000168. The van der Waals surface area contributed by atoms with Crippen LogP contribution in [0.4, 0.5) is 11.6 Å². The number of nitrogens with one attached hydrogen (secondary N) is 1. The second-order valence-electron chi connectivity index (χ2n) is 15.6. The van der Waals surface area contributed by atoms with Crippen LogP contribution >= 0.6 is 0 Å². The Morgan fingerprint density at radius 3 is 1.65 bits per heavy atom. The summed E-state index contributed by atoms with van der Waals surface area (Å²) in [4.78, 5) is 38.5. The quantitative estimate of drug-likeness (QED) is 0.149. The number of rotatable bonds is 7. The number of anilines is 2. The Kier molecular flexibility index (Phi) is 11.4. The van der Waals surface area contributed by atoms with Crippen LogP contribution in [0.25, 0.3) is 44.6 Å². The summed E-state index contributed by atoms with van der Waals surface area (Å²) in [6.45, 7) is 10.8. The standard InChI is InChI=1S/C27H32N4O2.C19H20N4O/c1-19-10-12-21-23(18-19)28-26(22-8-4-5-9-24(22)32)29-27(21)31-16-14-30(15-17-31)25(33)13-11-20-6-2-3-7-20;1-13-6-7-14-16(12-13)21-18(15-4-2-3-5-17(15)24)22-19(14)23-10-8-20-9-11-23/h4-5,8-10,12,18,20,32H,2-3,6-7,11,13-17H2,1H3;2-7,12,20,24H,8-11H2,1H3. The minimum absolute atomic E-state index is 0.174. The van der Waals surface area contributed by atoms with Gasteiger partial charge in [-0.3, -0.25) is 4.79 Å². The van der Waals surface area contributed by atoms with E-state index >= 15 is 0 Å². The van der Waals surface area contributed by atoms with E-state index in [-0.39, 0.29) is 11.5 Å². The van der Waals surface area contributed by atoms with Crippen LogP contribution in [-0.2, 0) is 4.79 Å². The molecule has 1 saturated carbocycles. The predicted octanol–water partition coefficient (Wildman–Crippen LogP) is 7.65. The van der Waals surface area contributed by atoms with E-state index in [0.717, 1.165) is 96.2 Å². The number of nitrogens with zero attached hydrogens (tertiary/aromatic N) is 7. The molecule has 0 bridgehead atoms. The highest BCUT2D eigenvalue weighted by Crippen LogP contribution is 2.34. The van der Waals surface area contributed by atoms with E-state index in [4.69, 9.17) is 19.9 Å². The van der Waals surface area contributed by atoms with Gasteiger partial charge in [-0.1, -0.05) is 62.1 Å². The van der Waals surface area contributed by atoms with Gasteiger partial charge >= 0.3 is 0 Å². The van der Waals surface area contributed by atoms with Crippen molar-refractivity contribution in [1.29, 1.82) is 0 Å². The Morgan fingerprint density at radius 1 is 0.649 bits per heavy atom. The van der Waals surface area contributed by atoms with Crippen molar-refractivity contribution in [3.63, 3.8) is 0 Å². The zero-order chi connectivity index (χ0) is 39.3. The highest BCUT2D eigenvalue weighted by Gasteiger charge is 2.26. The number of hydrogen-bond donors (Lipinski definition) is 3. The molecule has 2 aliphatic heterocycles. The Hall–Kier alpha value is -5.81. The number of amides is 1. The van der Waals surface area contributed by atoms with Crippen molar-refractivity contribution in [2.24, 2.45) is 5.92 Å². The van der Waals surface area contributed by atoms with Gasteiger partial charge in [0.05, 0.1) is 22.2 Å².